The molecule has 1 N–H and O–H groups in total. The van der Waals surface area contributed by atoms with Crippen LogP contribution in [0.25, 0.3) is 11.0 Å². The average Bonchev–Trinajstić information content (AvgIpc) is 2.98. The minimum atomic E-state index is -0.0799. The van der Waals surface area contributed by atoms with E-state index in [4.69, 9.17) is 4.42 Å². The molecule has 3 aliphatic rings. The normalized spacial score (nSPS) is 31.5. The van der Waals surface area contributed by atoms with Crippen LogP contribution in [-0.2, 0) is 0 Å². The first kappa shape index (κ1) is 12.8. The molecule has 5 rings (SSSR count). The SMILES string of the molecule is C[C@H]1[C@H](N[13C](=O)c2cc3ccoc3cn2)C2CCN1CC2. The van der Waals surface area contributed by atoms with Crippen LogP contribution in [0.15, 0.2) is 29.0 Å². The molecule has 5 nitrogen and oxygen atoms in total. The third-order valence-corrected chi connectivity index (χ3v) is 5.05. The molecule has 3 saturated heterocycles. The van der Waals surface area contributed by atoms with Crippen LogP contribution < -0.4 is 5.32 Å². The first-order valence-corrected chi connectivity index (χ1v) is 7.60. The summed E-state index contributed by atoms with van der Waals surface area (Å²) in [6.45, 7) is 4.54. The maximum Gasteiger partial charge on any atom is 0.270 e. The number of carbonyl (C=O) groups excluding carboxylic acids is 1. The quantitative estimate of drug-likeness (QED) is 0.858. The molecule has 0 radical (unpaired) electrons. The Morgan fingerprint density at radius 1 is 1.43 bits per heavy atom. The number of pyridine rings is 1. The van der Waals surface area contributed by atoms with Crippen LogP contribution in [0.2, 0.25) is 0 Å². The molecule has 0 spiro atoms. The van der Waals surface area contributed by atoms with Gasteiger partial charge in [0, 0.05) is 17.5 Å². The van der Waals surface area contributed by atoms with Crippen molar-refractivity contribution in [3.8, 4) is 0 Å². The molecule has 5 heteroatoms. The molecule has 2 aromatic heterocycles. The van der Waals surface area contributed by atoms with E-state index in [-0.39, 0.29) is 11.9 Å². The predicted molar refractivity (Wildman–Crippen MR) is 79.0 cm³/mol. The van der Waals surface area contributed by atoms with Gasteiger partial charge in [-0.2, -0.15) is 0 Å². The van der Waals surface area contributed by atoms with E-state index in [9.17, 15) is 4.79 Å². The van der Waals surface area contributed by atoms with Crippen molar-refractivity contribution in [2.24, 2.45) is 5.92 Å². The van der Waals surface area contributed by atoms with Crippen LogP contribution >= 0.6 is 0 Å². The van der Waals surface area contributed by atoms with Crippen LogP contribution in [0.1, 0.15) is 30.3 Å². The van der Waals surface area contributed by atoms with Gasteiger partial charge in [-0.3, -0.25) is 9.69 Å². The van der Waals surface area contributed by atoms with Crippen LogP contribution in [0.4, 0.5) is 0 Å². The first-order chi connectivity index (χ1) is 10.2. The second-order valence-corrected chi connectivity index (χ2v) is 6.14. The Bertz CT molecular complexity index is 671. The highest BCUT2D eigenvalue weighted by Crippen LogP contribution is 2.32. The van der Waals surface area contributed by atoms with Crippen molar-refractivity contribution >= 4 is 16.9 Å². The number of carbonyl (C=O) groups is 1. The Kier molecular flexibility index (Phi) is 2.96. The molecular formula is C16H19N3O2. The van der Waals surface area contributed by atoms with Gasteiger partial charge in [0.2, 0.25) is 0 Å². The van der Waals surface area contributed by atoms with Crippen LogP contribution in [0, 0.1) is 5.92 Å². The van der Waals surface area contributed by atoms with E-state index in [2.05, 4.69) is 22.1 Å². The van der Waals surface area contributed by atoms with E-state index in [1.54, 1.807) is 18.5 Å². The molecule has 21 heavy (non-hydrogen) atoms. The number of nitrogens with zero attached hydrogens (tertiary/aromatic N) is 2. The lowest BCUT2D eigenvalue weighted by Crippen LogP contribution is -2.62. The molecule has 0 saturated carbocycles. The zero-order valence-corrected chi connectivity index (χ0v) is 12.1. The summed E-state index contributed by atoms with van der Waals surface area (Å²) in [5.41, 5.74) is 1.18. The minimum absolute atomic E-state index is 0.0799. The van der Waals surface area contributed by atoms with E-state index in [1.165, 1.54) is 12.8 Å². The van der Waals surface area contributed by atoms with Crippen molar-refractivity contribution in [1.29, 1.82) is 0 Å². The molecule has 0 aliphatic carbocycles. The van der Waals surface area contributed by atoms with E-state index in [0.717, 1.165) is 18.5 Å². The fourth-order valence-corrected chi connectivity index (χ4v) is 3.76. The summed E-state index contributed by atoms with van der Waals surface area (Å²) in [7, 11) is 0. The maximum atomic E-state index is 12.5. The van der Waals surface area contributed by atoms with Gasteiger partial charge in [0.25, 0.3) is 5.91 Å². The van der Waals surface area contributed by atoms with E-state index >= 15 is 0 Å². The number of furan rings is 1. The number of amides is 1. The highest BCUT2D eigenvalue weighted by Gasteiger charge is 2.40. The summed E-state index contributed by atoms with van der Waals surface area (Å²) in [6.07, 6.45) is 5.60. The average molecular weight is 286 g/mol. The summed E-state index contributed by atoms with van der Waals surface area (Å²) in [5.74, 6) is 0.523. The van der Waals surface area contributed by atoms with Crippen molar-refractivity contribution in [3.05, 3.63) is 30.3 Å². The monoisotopic (exact) mass is 286 g/mol. The lowest BCUT2D eigenvalue weighted by atomic mass is 9.79. The number of fused-ring (bicyclic) bond motifs is 4. The topological polar surface area (TPSA) is 58.4 Å². The van der Waals surface area contributed by atoms with Gasteiger partial charge in [-0.15, -0.1) is 0 Å². The molecule has 110 valence electrons. The Morgan fingerprint density at radius 3 is 3.00 bits per heavy atom. The standard InChI is InChI=1S/C16H19N3O2/c1-10-15(11-2-5-19(10)6-3-11)18-16(20)13-8-12-4-7-21-14(12)9-17-13/h4,7-11,15H,2-3,5-6H2,1H3,(H,18,20)/t10-,15-/m0/s1/i16+1. The highest BCUT2D eigenvalue weighted by atomic mass is 16.3. The molecular weight excluding hydrogens is 267 g/mol. The van der Waals surface area contributed by atoms with Crippen LogP contribution in [0.5, 0.6) is 0 Å². The summed E-state index contributed by atoms with van der Waals surface area (Å²) in [5, 5.41) is 4.11. The Labute approximate surface area is 123 Å². The first-order valence-electron chi connectivity index (χ1n) is 7.60. The van der Waals surface area contributed by atoms with Gasteiger partial charge in [0.15, 0.2) is 5.58 Å². The van der Waals surface area contributed by atoms with E-state index < -0.39 is 0 Å². The molecule has 2 atom stereocenters. The molecule has 3 aliphatic heterocycles. The number of rotatable bonds is 2. The number of piperidine rings is 3. The second-order valence-electron chi connectivity index (χ2n) is 6.14. The highest BCUT2D eigenvalue weighted by molar-refractivity contribution is 5.95. The van der Waals surface area contributed by atoms with E-state index in [0.29, 0.717) is 23.2 Å². The summed E-state index contributed by atoms with van der Waals surface area (Å²) in [6, 6.07) is 4.30. The van der Waals surface area contributed by atoms with Gasteiger partial charge in [-0.25, -0.2) is 4.98 Å². The predicted octanol–water partition coefficient (Wildman–Crippen LogP) is 2.04. The van der Waals surface area contributed by atoms with Crippen LogP contribution in [-0.4, -0.2) is 41.0 Å². The molecule has 1 amide bonds. The van der Waals surface area contributed by atoms with Crippen molar-refractivity contribution < 1.29 is 9.21 Å². The van der Waals surface area contributed by atoms with Crippen molar-refractivity contribution in [2.45, 2.75) is 31.8 Å². The van der Waals surface area contributed by atoms with Crippen molar-refractivity contribution in [3.63, 3.8) is 0 Å². The maximum absolute atomic E-state index is 12.5. The van der Waals surface area contributed by atoms with Gasteiger partial charge in [0.1, 0.15) is 5.69 Å². The lowest BCUT2D eigenvalue weighted by Gasteiger charge is -2.49. The Morgan fingerprint density at radius 2 is 2.24 bits per heavy atom. The number of hydrogen-bond donors (Lipinski definition) is 1. The molecule has 5 heterocycles. The second kappa shape index (κ2) is 4.84. The zero-order valence-electron chi connectivity index (χ0n) is 12.1. The molecule has 2 aromatic rings. The summed E-state index contributed by atoms with van der Waals surface area (Å²) >= 11 is 0. The van der Waals surface area contributed by atoms with Gasteiger partial charge in [0.05, 0.1) is 12.5 Å². The number of hydrogen-bond acceptors (Lipinski definition) is 4. The number of nitrogens with one attached hydrogen (secondary N) is 1. The third kappa shape index (κ3) is 2.12. The summed E-state index contributed by atoms with van der Waals surface area (Å²) < 4.78 is 5.26. The number of aromatic nitrogens is 1. The van der Waals surface area contributed by atoms with Crippen molar-refractivity contribution in [1.82, 2.24) is 15.2 Å². The van der Waals surface area contributed by atoms with Gasteiger partial charge in [-0.1, -0.05) is 0 Å². The largest absolute Gasteiger partial charge is 0.463 e. The van der Waals surface area contributed by atoms with E-state index in [1.807, 2.05) is 6.07 Å². The smallest absolute Gasteiger partial charge is 0.270 e. The lowest BCUT2D eigenvalue weighted by molar-refractivity contribution is 0.0216. The molecule has 0 aromatic carbocycles. The Hall–Kier alpha value is -1.88. The van der Waals surface area contributed by atoms with Gasteiger partial charge < -0.3 is 9.73 Å². The fraction of sp³-hybridized carbons (Fsp3) is 0.500. The molecule has 3 fully saturated rings. The molecule has 2 bridgehead atoms. The molecule has 0 unspecified atom stereocenters. The van der Waals surface area contributed by atoms with Crippen LogP contribution in [0.3, 0.4) is 0 Å². The van der Waals surface area contributed by atoms with Crippen molar-refractivity contribution in [2.75, 3.05) is 13.1 Å². The van der Waals surface area contributed by atoms with Gasteiger partial charge in [-0.05, 0) is 50.9 Å². The van der Waals surface area contributed by atoms with Gasteiger partial charge >= 0.3 is 0 Å². The third-order valence-electron chi connectivity index (χ3n) is 5.05. The fourth-order valence-electron chi connectivity index (χ4n) is 3.76. The zero-order chi connectivity index (χ0) is 14.4. The Balaban J connectivity index is 1.54. The minimum Gasteiger partial charge on any atom is -0.463 e. The summed E-state index contributed by atoms with van der Waals surface area (Å²) in [4.78, 5) is 19.2.